The largest absolute Gasteiger partial charge is 0.503 e. The van der Waals surface area contributed by atoms with Crippen LogP contribution in [-0.4, -0.2) is 27.4 Å². The van der Waals surface area contributed by atoms with Gasteiger partial charge in [-0.1, -0.05) is 60.3 Å². The lowest BCUT2D eigenvalue weighted by Gasteiger charge is -2.20. The molecular weight excluding hydrogens is 504 g/mol. The number of fused-ring (bicyclic) bond motifs is 3. The number of phenols is 1. The number of benzene rings is 3. The van der Waals surface area contributed by atoms with Gasteiger partial charge in [0.15, 0.2) is 23.4 Å². The summed E-state index contributed by atoms with van der Waals surface area (Å²) in [6, 6.07) is 21.4. The molecular formula is C24H19BrN4O3S. The first-order chi connectivity index (χ1) is 16.1. The Morgan fingerprint density at radius 1 is 1.09 bits per heavy atom. The zero-order valence-electron chi connectivity index (χ0n) is 17.5. The number of ether oxygens (including phenoxy) is 2. The Labute approximate surface area is 203 Å². The lowest BCUT2D eigenvalue weighted by atomic mass is 10.1. The third-order valence-corrected chi connectivity index (χ3v) is 6.63. The Balaban J connectivity index is 1.52. The van der Waals surface area contributed by atoms with Gasteiger partial charge in [-0.05, 0) is 39.7 Å². The fraction of sp³-hybridized carbons (Fsp3) is 0.125. The molecule has 1 aromatic heterocycles. The van der Waals surface area contributed by atoms with Crippen LogP contribution in [0.5, 0.6) is 17.4 Å². The van der Waals surface area contributed by atoms with Crippen molar-refractivity contribution in [1.29, 1.82) is 0 Å². The average molecular weight is 523 g/mol. The van der Waals surface area contributed by atoms with Crippen LogP contribution in [-0.2, 0) is 5.75 Å². The molecule has 0 bridgehead atoms. The summed E-state index contributed by atoms with van der Waals surface area (Å²) in [4.78, 5) is 4.68. The van der Waals surface area contributed by atoms with Crippen molar-refractivity contribution in [3.63, 3.8) is 0 Å². The van der Waals surface area contributed by atoms with Gasteiger partial charge in [-0.3, -0.25) is 0 Å². The van der Waals surface area contributed by atoms with Gasteiger partial charge in [0.25, 0.3) is 0 Å². The minimum Gasteiger partial charge on any atom is -0.503 e. The smallest absolute Gasteiger partial charge is 0.247 e. The molecule has 2 N–H and O–H groups in total. The summed E-state index contributed by atoms with van der Waals surface area (Å²) >= 11 is 4.88. The van der Waals surface area contributed by atoms with Crippen molar-refractivity contribution in [3.8, 4) is 28.6 Å². The Morgan fingerprint density at radius 2 is 1.88 bits per heavy atom. The van der Waals surface area contributed by atoms with Gasteiger partial charge in [0, 0.05) is 22.6 Å². The number of halogens is 1. The molecule has 0 saturated heterocycles. The highest BCUT2D eigenvalue weighted by molar-refractivity contribution is 9.10. The molecule has 0 radical (unpaired) electrons. The van der Waals surface area contributed by atoms with Gasteiger partial charge in [-0.25, -0.2) is 0 Å². The fourth-order valence-corrected chi connectivity index (χ4v) is 4.68. The Hall–Kier alpha value is -3.30. The Morgan fingerprint density at radius 3 is 2.70 bits per heavy atom. The lowest BCUT2D eigenvalue weighted by molar-refractivity contribution is 0.224. The lowest BCUT2D eigenvalue weighted by Crippen LogP contribution is -2.17. The van der Waals surface area contributed by atoms with E-state index in [4.69, 9.17) is 9.47 Å². The maximum atomic E-state index is 10.2. The van der Waals surface area contributed by atoms with E-state index in [1.165, 1.54) is 24.4 Å². The summed E-state index contributed by atoms with van der Waals surface area (Å²) in [5, 5.41) is 22.9. The van der Waals surface area contributed by atoms with Gasteiger partial charge in [0.1, 0.15) is 0 Å². The standard InChI is InChI=1S/C24H19BrN4O3S/c1-31-19-12-15(11-17(25)21(19)30)22-26-18-10-6-5-9-16(18)20-23(32-22)27-24(29-28-20)33-13-14-7-3-2-4-8-14/h2-12,22,26,30H,13H2,1H3/t22-/m1/s1. The molecule has 1 atom stereocenters. The van der Waals surface area contributed by atoms with Crippen molar-refractivity contribution < 1.29 is 14.6 Å². The van der Waals surface area contributed by atoms with Crippen molar-refractivity contribution in [2.24, 2.45) is 0 Å². The highest BCUT2D eigenvalue weighted by Crippen LogP contribution is 2.42. The van der Waals surface area contributed by atoms with Crippen LogP contribution in [0.2, 0.25) is 0 Å². The number of hydrogen-bond acceptors (Lipinski definition) is 8. The van der Waals surface area contributed by atoms with Crippen molar-refractivity contribution >= 4 is 33.4 Å². The molecule has 7 nitrogen and oxygen atoms in total. The number of anilines is 1. The van der Waals surface area contributed by atoms with Crippen molar-refractivity contribution in [1.82, 2.24) is 15.2 Å². The maximum absolute atomic E-state index is 10.2. The molecule has 2 heterocycles. The molecule has 3 aromatic carbocycles. The van der Waals surface area contributed by atoms with Crippen LogP contribution in [0, 0.1) is 0 Å². The van der Waals surface area contributed by atoms with E-state index < -0.39 is 6.23 Å². The van der Waals surface area contributed by atoms with Crippen LogP contribution in [0.1, 0.15) is 17.4 Å². The molecule has 5 rings (SSSR count). The van der Waals surface area contributed by atoms with Crippen LogP contribution >= 0.6 is 27.7 Å². The normalized spacial score (nSPS) is 14.3. The van der Waals surface area contributed by atoms with Gasteiger partial charge >= 0.3 is 0 Å². The first kappa shape index (κ1) is 21.5. The fourth-order valence-electron chi connectivity index (χ4n) is 3.48. The van der Waals surface area contributed by atoms with E-state index in [1.54, 1.807) is 12.1 Å². The first-order valence-electron chi connectivity index (χ1n) is 10.1. The van der Waals surface area contributed by atoms with Crippen LogP contribution in [0.25, 0.3) is 11.3 Å². The second kappa shape index (κ2) is 9.29. The predicted molar refractivity (Wildman–Crippen MR) is 131 cm³/mol. The van der Waals surface area contributed by atoms with E-state index in [0.717, 1.165) is 22.6 Å². The number of nitrogens with one attached hydrogen (secondary N) is 1. The van der Waals surface area contributed by atoms with Crippen molar-refractivity contribution in [3.05, 3.63) is 82.3 Å². The number of nitrogens with zero attached hydrogens (tertiary/aromatic N) is 3. The Bertz CT molecular complexity index is 1310. The van der Waals surface area contributed by atoms with E-state index in [0.29, 0.717) is 27.0 Å². The minimum absolute atomic E-state index is 0.0271. The number of hydrogen-bond donors (Lipinski definition) is 2. The van der Waals surface area contributed by atoms with E-state index in [1.807, 2.05) is 42.5 Å². The van der Waals surface area contributed by atoms with Gasteiger partial charge in [-0.2, -0.15) is 4.98 Å². The topological polar surface area (TPSA) is 89.4 Å². The van der Waals surface area contributed by atoms with Crippen LogP contribution in [0.15, 0.2) is 76.4 Å². The van der Waals surface area contributed by atoms with Gasteiger partial charge in [0.2, 0.25) is 11.0 Å². The van der Waals surface area contributed by atoms with E-state index >= 15 is 0 Å². The van der Waals surface area contributed by atoms with Crippen LogP contribution in [0.3, 0.4) is 0 Å². The number of methoxy groups -OCH3 is 1. The summed E-state index contributed by atoms with van der Waals surface area (Å²) in [5.74, 6) is 1.47. The highest BCUT2D eigenvalue weighted by atomic mass is 79.9. The zero-order valence-corrected chi connectivity index (χ0v) is 19.9. The summed E-state index contributed by atoms with van der Waals surface area (Å²) in [7, 11) is 1.50. The van der Waals surface area contributed by atoms with Crippen LogP contribution < -0.4 is 14.8 Å². The molecule has 0 unspecified atom stereocenters. The average Bonchev–Trinajstić information content (AvgIpc) is 3.01. The summed E-state index contributed by atoms with van der Waals surface area (Å²) in [6.07, 6.45) is -0.595. The van der Waals surface area contributed by atoms with Gasteiger partial charge < -0.3 is 19.9 Å². The summed E-state index contributed by atoms with van der Waals surface area (Å²) < 4.78 is 12.1. The molecule has 4 aromatic rings. The number of aromatic hydroxyl groups is 1. The van der Waals surface area contributed by atoms with E-state index in [2.05, 4.69) is 48.6 Å². The minimum atomic E-state index is -0.595. The van der Waals surface area contributed by atoms with Gasteiger partial charge in [0.05, 0.1) is 11.6 Å². The number of para-hydroxylation sites is 1. The molecule has 9 heteroatoms. The quantitative estimate of drug-likeness (QED) is 0.317. The van der Waals surface area contributed by atoms with E-state index in [-0.39, 0.29) is 5.75 Å². The molecule has 0 fully saturated rings. The molecule has 1 aliphatic rings. The summed E-state index contributed by atoms with van der Waals surface area (Å²) in [6.45, 7) is 0. The highest BCUT2D eigenvalue weighted by Gasteiger charge is 2.27. The maximum Gasteiger partial charge on any atom is 0.247 e. The van der Waals surface area contributed by atoms with Crippen molar-refractivity contribution in [2.75, 3.05) is 12.4 Å². The second-order valence-corrected chi connectivity index (χ2v) is 9.06. The van der Waals surface area contributed by atoms with Gasteiger partial charge in [-0.15, -0.1) is 10.2 Å². The summed E-state index contributed by atoms with van der Waals surface area (Å²) in [5.41, 5.74) is 4.17. The number of aromatic nitrogens is 3. The number of rotatable bonds is 5. The molecule has 0 aliphatic carbocycles. The Kier molecular flexibility index (Phi) is 6.06. The molecule has 0 saturated carbocycles. The molecule has 1 aliphatic heterocycles. The van der Waals surface area contributed by atoms with Crippen LogP contribution in [0.4, 0.5) is 5.69 Å². The SMILES string of the molecule is COc1cc([C@@H]2Nc3ccccc3-c3nnc(SCc4ccccc4)nc3O2)cc(Br)c1O. The molecule has 166 valence electrons. The number of thioether (sulfide) groups is 1. The molecule has 33 heavy (non-hydrogen) atoms. The van der Waals surface area contributed by atoms with Crippen molar-refractivity contribution in [2.45, 2.75) is 17.1 Å². The number of phenolic OH excluding ortho intramolecular Hbond substituents is 1. The predicted octanol–water partition coefficient (Wildman–Crippen LogP) is 5.81. The van der Waals surface area contributed by atoms with E-state index in [9.17, 15) is 5.11 Å². The monoisotopic (exact) mass is 522 g/mol. The molecule has 0 amide bonds. The first-order valence-corrected chi connectivity index (χ1v) is 11.9. The molecule has 0 spiro atoms. The zero-order chi connectivity index (χ0) is 22.8. The third kappa shape index (κ3) is 4.46. The second-order valence-electron chi connectivity index (χ2n) is 7.26. The third-order valence-electron chi connectivity index (χ3n) is 5.12.